The highest BCUT2D eigenvalue weighted by Crippen LogP contribution is 2.49. The number of aliphatic imine (C=N–C) groups is 1. The minimum atomic E-state index is -1.35. The van der Waals surface area contributed by atoms with Gasteiger partial charge in [0.15, 0.2) is 6.67 Å². The van der Waals surface area contributed by atoms with Crippen LogP contribution in [0.4, 0.5) is 0 Å². The molecule has 4 fully saturated rings. The molecule has 2 spiro atoms. The molecule has 2 saturated carbocycles. The molecule has 0 amide bonds. The van der Waals surface area contributed by atoms with E-state index in [2.05, 4.69) is 59.1 Å². The van der Waals surface area contributed by atoms with Crippen molar-refractivity contribution in [2.24, 2.45) is 22.1 Å². The van der Waals surface area contributed by atoms with E-state index in [0.717, 1.165) is 90.3 Å². The Hall–Kier alpha value is -1.96. The average molecular weight is 780 g/mol. The van der Waals surface area contributed by atoms with Crippen LogP contribution in [0.25, 0.3) is 0 Å². The maximum Gasteiger partial charge on any atom is 0.306 e. The molecule has 1 aromatic rings. The van der Waals surface area contributed by atoms with Crippen LogP contribution < -0.4 is 26.6 Å². The van der Waals surface area contributed by atoms with E-state index in [1.54, 1.807) is 0 Å². The highest BCUT2D eigenvalue weighted by atomic mass is 16.4. The molecule has 314 valence electrons. The number of aliphatic hydroxyl groups excluding tert-OH is 2. The molecule has 11 heteroatoms. The van der Waals surface area contributed by atoms with Crippen molar-refractivity contribution in [3.8, 4) is 0 Å². The van der Waals surface area contributed by atoms with Crippen molar-refractivity contribution in [1.82, 2.24) is 16.0 Å². The van der Waals surface area contributed by atoms with Crippen LogP contribution in [0.15, 0.2) is 29.3 Å². The average Bonchev–Trinajstić information content (AvgIpc) is 3.88. The highest BCUT2D eigenvalue weighted by Gasteiger charge is 2.49. The summed E-state index contributed by atoms with van der Waals surface area (Å²) in [6.45, 7) is 6.10. The predicted molar refractivity (Wildman–Crippen MR) is 221 cm³/mol. The van der Waals surface area contributed by atoms with E-state index in [4.69, 9.17) is 5.73 Å². The summed E-state index contributed by atoms with van der Waals surface area (Å²) >= 11 is 0. The Labute approximate surface area is 336 Å². The van der Waals surface area contributed by atoms with Gasteiger partial charge in [-0.1, -0.05) is 62.8 Å². The summed E-state index contributed by atoms with van der Waals surface area (Å²) in [5.74, 6) is -0.894. The number of hydrogen-bond acceptors (Lipinski definition) is 9. The largest absolute Gasteiger partial charge is 0.481 e. The summed E-state index contributed by atoms with van der Waals surface area (Å²) in [4.78, 5) is 18.1. The second-order valence-corrected chi connectivity index (χ2v) is 20.1. The quantitative estimate of drug-likeness (QED) is 0.210. The SMILES string of the molecule is CC1NC(CC(O)C2CCCC3(CCCC3)CCC(O)(CC(=O)O)CNC3(C)CC(N)NC(C3)C3(CCCCC3)c3cccc(c3)C2)C([NH+]2CC=NC2)CC1O. The Morgan fingerprint density at radius 3 is 2.50 bits per heavy atom. The number of piperidine rings is 2. The van der Waals surface area contributed by atoms with E-state index >= 15 is 0 Å². The van der Waals surface area contributed by atoms with Gasteiger partial charge in [-0.15, -0.1) is 0 Å². The third kappa shape index (κ3) is 9.73. The molecule has 11 unspecified atom stereocenters. The van der Waals surface area contributed by atoms with Crippen molar-refractivity contribution in [2.75, 3.05) is 19.8 Å². The lowest BCUT2D eigenvalue weighted by atomic mass is 9.61. The number of aliphatic hydroxyl groups is 3. The molecule has 0 radical (unpaired) electrons. The van der Waals surface area contributed by atoms with Crippen molar-refractivity contribution in [3.05, 3.63) is 35.4 Å². The van der Waals surface area contributed by atoms with Gasteiger partial charge in [0.1, 0.15) is 12.6 Å². The third-order valence-electron chi connectivity index (χ3n) is 15.9. The molecular formula is C45H75N6O5+. The summed E-state index contributed by atoms with van der Waals surface area (Å²) in [5.41, 5.74) is 7.77. The first-order valence-corrected chi connectivity index (χ1v) is 22.5. The maximum absolute atomic E-state index is 12.4. The van der Waals surface area contributed by atoms with Gasteiger partial charge in [-0.3, -0.25) is 10.1 Å². The van der Waals surface area contributed by atoms with Crippen molar-refractivity contribution < 1.29 is 30.1 Å². The lowest BCUT2D eigenvalue weighted by Gasteiger charge is -2.53. The van der Waals surface area contributed by atoms with Gasteiger partial charge in [0.25, 0.3) is 0 Å². The Morgan fingerprint density at radius 2 is 1.77 bits per heavy atom. The van der Waals surface area contributed by atoms with Crippen LogP contribution in [0, 0.1) is 11.3 Å². The van der Waals surface area contributed by atoms with Gasteiger partial charge in [0.2, 0.25) is 0 Å². The highest BCUT2D eigenvalue weighted by molar-refractivity contribution is 5.68. The number of hydrogen-bond donors (Lipinski definition) is 9. The van der Waals surface area contributed by atoms with Gasteiger partial charge in [-0.2, -0.15) is 0 Å². The van der Waals surface area contributed by atoms with Gasteiger partial charge in [-0.25, -0.2) is 4.99 Å². The summed E-state index contributed by atoms with van der Waals surface area (Å²) < 4.78 is 0. The Bertz CT molecular complexity index is 1490. The second-order valence-electron chi connectivity index (χ2n) is 20.1. The summed E-state index contributed by atoms with van der Waals surface area (Å²) in [6, 6.07) is 9.66. The number of β-amino-alcohol motifs (C(OH)–C–C–N with tert-alkyl or cyclic N) is 1. The molecule has 0 aromatic heterocycles. The Kier molecular flexibility index (Phi) is 13.3. The van der Waals surface area contributed by atoms with Crippen LogP contribution in [0.1, 0.15) is 147 Å². The first-order chi connectivity index (χ1) is 26.8. The molecular weight excluding hydrogens is 705 g/mol. The fraction of sp³-hybridized carbons (Fsp3) is 0.822. The molecule has 56 heavy (non-hydrogen) atoms. The monoisotopic (exact) mass is 780 g/mol. The normalized spacial score (nSPS) is 39.9. The molecule has 4 bridgehead atoms. The van der Waals surface area contributed by atoms with E-state index in [1.165, 1.54) is 35.3 Å². The summed E-state index contributed by atoms with van der Waals surface area (Å²) in [6.07, 6.45) is 18.7. The summed E-state index contributed by atoms with van der Waals surface area (Å²) in [5, 5.41) is 56.8. The third-order valence-corrected chi connectivity index (χ3v) is 15.9. The van der Waals surface area contributed by atoms with Crippen LogP contribution in [0.2, 0.25) is 0 Å². The summed E-state index contributed by atoms with van der Waals surface area (Å²) in [7, 11) is 0. The Morgan fingerprint density at radius 1 is 1.02 bits per heavy atom. The van der Waals surface area contributed by atoms with Crippen LogP contribution in [-0.2, 0) is 16.6 Å². The number of nitrogens with zero attached hydrogens (tertiary/aromatic N) is 1. The van der Waals surface area contributed by atoms with Crippen LogP contribution in [0.5, 0.6) is 0 Å². The molecule has 2 aliphatic carbocycles. The zero-order valence-electron chi connectivity index (χ0n) is 34.5. The molecule has 11 nitrogen and oxygen atoms in total. The lowest BCUT2D eigenvalue weighted by Crippen LogP contribution is -3.16. The van der Waals surface area contributed by atoms with E-state index in [0.29, 0.717) is 25.7 Å². The number of fused-ring (bicyclic) bond motifs is 6. The maximum atomic E-state index is 12.4. The number of nitrogens with two attached hydrogens (primary N) is 1. The van der Waals surface area contributed by atoms with Crippen molar-refractivity contribution in [1.29, 1.82) is 0 Å². The number of nitrogens with one attached hydrogen (secondary N) is 4. The molecule has 2 saturated heterocycles. The number of benzene rings is 1. The zero-order valence-corrected chi connectivity index (χ0v) is 34.5. The van der Waals surface area contributed by atoms with Crippen LogP contribution >= 0.6 is 0 Å². The molecule has 4 aliphatic heterocycles. The van der Waals surface area contributed by atoms with Gasteiger partial charge in [0.05, 0.1) is 42.7 Å². The number of aliphatic carboxylic acids is 1. The van der Waals surface area contributed by atoms with Gasteiger partial charge >= 0.3 is 5.97 Å². The number of carboxylic acids is 1. The fourth-order valence-electron chi connectivity index (χ4n) is 12.6. The van der Waals surface area contributed by atoms with Crippen molar-refractivity contribution >= 4 is 12.2 Å². The molecule has 1 aromatic carbocycles. The molecule has 10 N–H and O–H groups in total. The van der Waals surface area contributed by atoms with Crippen LogP contribution in [0.3, 0.4) is 0 Å². The van der Waals surface area contributed by atoms with E-state index < -0.39 is 23.8 Å². The van der Waals surface area contributed by atoms with E-state index in [9.17, 15) is 25.2 Å². The van der Waals surface area contributed by atoms with Gasteiger partial charge < -0.3 is 41.7 Å². The van der Waals surface area contributed by atoms with Crippen molar-refractivity contribution in [3.63, 3.8) is 0 Å². The molecule has 11 atom stereocenters. The molecule has 7 rings (SSSR count). The number of carbonyl (C=O) groups is 1. The standard InChI is InChI=1S/C45H74N6O5/c1-31-37(52)25-36(51-21-20-47-30-51)35(49-31)24-38(53)33-11-9-15-43(13-6-7-14-43)18-19-44(56,28-41(54)55)29-48-42(2)26-39(50-40(46)27-42)45(16-4-3-5-17-45)34-12-8-10-32(22-33)23-34/h8,10,12,20,23,31,33,35-40,48-50,52-53,56H,3-7,9,11,13-19,21-22,24-30,46H2,1-2H3,(H,54,55)/p+1. The van der Waals surface area contributed by atoms with E-state index in [1.807, 2.05) is 6.21 Å². The zero-order chi connectivity index (χ0) is 39.6. The van der Waals surface area contributed by atoms with E-state index in [-0.39, 0.29) is 65.6 Å². The minimum Gasteiger partial charge on any atom is -0.481 e. The first-order valence-electron chi connectivity index (χ1n) is 22.5. The molecule has 6 aliphatic rings. The van der Waals surface area contributed by atoms with Gasteiger partial charge in [0, 0.05) is 36.0 Å². The Balaban J connectivity index is 1.22. The van der Waals surface area contributed by atoms with Crippen molar-refractivity contribution in [2.45, 2.75) is 201 Å². The smallest absolute Gasteiger partial charge is 0.306 e. The predicted octanol–water partition coefficient (Wildman–Crippen LogP) is 3.32. The topological polar surface area (TPSA) is 177 Å². The van der Waals surface area contributed by atoms with Crippen LogP contribution in [-0.4, -0.2) is 106 Å². The van der Waals surface area contributed by atoms with Gasteiger partial charge in [-0.05, 0) is 113 Å². The first kappa shape index (κ1) is 42.2. The minimum absolute atomic E-state index is 0.0272. The number of rotatable bonds is 6. The lowest BCUT2D eigenvalue weighted by molar-refractivity contribution is -0.914. The second kappa shape index (κ2) is 17.7. The number of carboxylic acid groups (broad SMARTS) is 1. The fourth-order valence-corrected chi connectivity index (χ4v) is 12.6. The number of quaternary nitrogens is 1. The molecule has 4 heterocycles.